The molecule has 1 heterocycles. The maximum atomic E-state index is 11.8. The summed E-state index contributed by atoms with van der Waals surface area (Å²) in [6, 6.07) is 15.9. The molecular weight excluding hydrogens is 390 g/mol. The Hall–Kier alpha value is -3.46. The van der Waals surface area contributed by atoms with Crippen LogP contribution in [0.4, 0.5) is 10.5 Å². The van der Waals surface area contributed by atoms with Crippen LogP contribution in [0.3, 0.4) is 0 Å². The van der Waals surface area contributed by atoms with Gasteiger partial charge in [-0.2, -0.15) is 5.26 Å². The highest BCUT2D eigenvalue weighted by Gasteiger charge is 2.21. The van der Waals surface area contributed by atoms with Gasteiger partial charge in [0.25, 0.3) is 0 Å². The van der Waals surface area contributed by atoms with Crippen molar-refractivity contribution < 1.29 is 14.3 Å². The SMILES string of the molecule is CCCOC(=O)Nc1ccc(-c2c(C#N)c3ccc(OCCC)cc3n2C(C)C)cc1. The lowest BCUT2D eigenvalue weighted by Gasteiger charge is -2.16. The molecular formula is C25H29N3O3. The van der Waals surface area contributed by atoms with E-state index in [0.717, 1.165) is 40.8 Å². The third-order valence-corrected chi connectivity index (χ3v) is 4.92. The number of carbonyl (C=O) groups is 1. The van der Waals surface area contributed by atoms with E-state index in [2.05, 4.69) is 36.7 Å². The molecule has 31 heavy (non-hydrogen) atoms. The van der Waals surface area contributed by atoms with Gasteiger partial charge in [-0.3, -0.25) is 5.32 Å². The number of aromatic nitrogens is 1. The van der Waals surface area contributed by atoms with E-state index in [9.17, 15) is 10.1 Å². The van der Waals surface area contributed by atoms with Crippen LogP contribution < -0.4 is 10.1 Å². The second-order valence-electron chi connectivity index (χ2n) is 7.66. The molecule has 0 radical (unpaired) electrons. The van der Waals surface area contributed by atoms with Gasteiger partial charge in [-0.1, -0.05) is 26.0 Å². The summed E-state index contributed by atoms with van der Waals surface area (Å²) in [7, 11) is 0. The van der Waals surface area contributed by atoms with Gasteiger partial charge in [-0.25, -0.2) is 4.79 Å². The number of hydrogen-bond acceptors (Lipinski definition) is 4. The van der Waals surface area contributed by atoms with Gasteiger partial charge < -0.3 is 14.0 Å². The number of benzene rings is 2. The van der Waals surface area contributed by atoms with Crippen molar-refractivity contribution in [2.24, 2.45) is 0 Å². The molecule has 6 nitrogen and oxygen atoms in total. The minimum absolute atomic E-state index is 0.142. The van der Waals surface area contributed by atoms with Crippen molar-refractivity contribution in [3.05, 3.63) is 48.0 Å². The highest BCUT2D eigenvalue weighted by atomic mass is 16.5. The Bertz CT molecular complexity index is 1090. The number of hydrogen-bond donors (Lipinski definition) is 1. The van der Waals surface area contributed by atoms with Crippen molar-refractivity contribution in [3.63, 3.8) is 0 Å². The van der Waals surface area contributed by atoms with Gasteiger partial charge in [0.1, 0.15) is 11.8 Å². The zero-order valence-electron chi connectivity index (χ0n) is 18.6. The Morgan fingerprint density at radius 3 is 2.42 bits per heavy atom. The number of carbonyl (C=O) groups excluding carboxylic acids is 1. The Morgan fingerprint density at radius 1 is 1.10 bits per heavy atom. The molecule has 0 aliphatic carbocycles. The second-order valence-corrected chi connectivity index (χ2v) is 7.66. The second kappa shape index (κ2) is 10.0. The predicted octanol–water partition coefficient (Wildman–Crippen LogP) is 6.51. The quantitative estimate of drug-likeness (QED) is 0.452. The summed E-state index contributed by atoms with van der Waals surface area (Å²) < 4.78 is 13.1. The molecule has 0 saturated heterocycles. The first-order valence-corrected chi connectivity index (χ1v) is 10.7. The van der Waals surface area contributed by atoms with Crippen molar-refractivity contribution in [1.82, 2.24) is 4.57 Å². The Balaban J connectivity index is 2.03. The Morgan fingerprint density at radius 2 is 1.81 bits per heavy atom. The first kappa shape index (κ1) is 22.2. The fraction of sp³-hybridized carbons (Fsp3) is 0.360. The van der Waals surface area contributed by atoms with E-state index in [0.29, 0.717) is 24.5 Å². The van der Waals surface area contributed by atoms with Gasteiger partial charge >= 0.3 is 6.09 Å². The molecule has 0 aliphatic rings. The smallest absolute Gasteiger partial charge is 0.411 e. The maximum absolute atomic E-state index is 11.8. The molecule has 0 unspecified atom stereocenters. The molecule has 1 amide bonds. The molecule has 0 fully saturated rings. The van der Waals surface area contributed by atoms with Crippen LogP contribution in [-0.4, -0.2) is 23.9 Å². The van der Waals surface area contributed by atoms with E-state index >= 15 is 0 Å². The molecule has 0 aliphatic heterocycles. The third-order valence-electron chi connectivity index (χ3n) is 4.92. The molecule has 162 valence electrons. The van der Waals surface area contributed by atoms with Gasteiger partial charge in [-0.15, -0.1) is 0 Å². The number of fused-ring (bicyclic) bond motifs is 1. The van der Waals surface area contributed by atoms with E-state index in [1.165, 1.54) is 0 Å². The van der Waals surface area contributed by atoms with Crippen molar-refractivity contribution in [2.45, 2.75) is 46.6 Å². The fourth-order valence-electron chi connectivity index (χ4n) is 3.59. The molecule has 0 atom stereocenters. The number of anilines is 1. The van der Waals surface area contributed by atoms with Gasteiger partial charge in [0.15, 0.2) is 0 Å². The van der Waals surface area contributed by atoms with Gasteiger partial charge in [-0.05, 0) is 56.5 Å². The zero-order chi connectivity index (χ0) is 22.4. The van der Waals surface area contributed by atoms with Crippen molar-refractivity contribution in [2.75, 3.05) is 18.5 Å². The van der Waals surface area contributed by atoms with E-state index < -0.39 is 6.09 Å². The molecule has 6 heteroatoms. The van der Waals surface area contributed by atoms with Crippen LogP contribution in [-0.2, 0) is 4.74 Å². The van der Waals surface area contributed by atoms with Crippen molar-refractivity contribution >= 4 is 22.7 Å². The molecule has 2 aromatic carbocycles. The van der Waals surface area contributed by atoms with E-state index in [1.807, 2.05) is 49.4 Å². The summed E-state index contributed by atoms with van der Waals surface area (Å²) in [5.74, 6) is 0.801. The molecule has 0 spiro atoms. The summed E-state index contributed by atoms with van der Waals surface area (Å²) in [5, 5.41) is 13.6. The lowest BCUT2D eigenvalue weighted by atomic mass is 10.1. The third kappa shape index (κ3) is 4.83. The van der Waals surface area contributed by atoms with E-state index in [4.69, 9.17) is 9.47 Å². The standard InChI is InChI=1S/C25H29N3O3/c1-5-13-30-20-11-12-21-22(16-26)24(28(17(3)4)23(21)15-20)18-7-9-19(10-8-18)27-25(29)31-14-6-2/h7-12,15,17H,5-6,13-14H2,1-4H3,(H,27,29). The lowest BCUT2D eigenvalue weighted by molar-refractivity contribution is 0.161. The summed E-state index contributed by atoms with van der Waals surface area (Å²) in [4.78, 5) is 11.8. The zero-order valence-corrected chi connectivity index (χ0v) is 18.6. The summed E-state index contributed by atoms with van der Waals surface area (Å²) in [6.07, 6.45) is 1.24. The normalized spacial score (nSPS) is 10.8. The first-order valence-electron chi connectivity index (χ1n) is 10.7. The number of nitrogens with one attached hydrogen (secondary N) is 1. The molecule has 0 bridgehead atoms. The topological polar surface area (TPSA) is 76.3 Å². The van der Waals surface area contributed by atoms with Gasteiger partial charge in [0, 0.05) is 23.2 Å². The maximum Gasteiger partial charge on any atom is 0.411 e. The minimum Gasteiger partial charge on any atom is -0.494 e. The van der Waals surface area contributed by atoms with Crippen LogP contribution in [0, 0.1) is 11.3 Å². The van der Waals surface area contributed by atoms with Crippen molar-refractivity contribution in [3.8, 4) is 23.1 Å². The molecule has 1 N–H and O–H groups in total. The van der Waals surface area contributed by atoms with Gasteiger partial charge in [0.2, 0.25) is 0 Å². The average Bonchev–Trinajstić information content (AvgIpc) is 3.10. The van der Waals surface area contributed by atoms with Crippen LogP contribution in [0.1, 0.15) is 52.1 Å². The lowest BCUT2D eigenvalue weighted by Crippen LogP contribution is -2.13. The summed E-state index contributed by atoms with van der Waals surface area (Å²) in [6.45, 7) is 9.26. The number of ether oxygens (including phenoxy) is 2. The average molecular weight is 420 g/mol. The Kier molecular flexibility index (Phi) is 7.19. The van der Waals surface area contributed by atoms with Crippen LogP contribution >= 0.6 is 0 Å². The van der Waals surface area contributed by atoms with Crippen LogP contribution in [0.5, 0.6) is 5.75 Å². The highest BCUT2D eigenvalue weighted by molar-refractivity contribution is 5.95. The molecule has 3 aromatic rings. The summed E-state index contributed by atoms with van der Waals surface area (Å²) in [5.41, 5.74) is 4.02. The molecule has 1 aromatic heterocycles. The predicted molar refractivity (Wildman–Crippen MR) is 124 cm³/mol. The van der Waals surface area contributed by atoms with Crippen LogP contribution in [0.2, 0.25) is 0 Å². The van der Waals surface area contributed by atoms with E-state index in [-0.39, 0.29) is 6.04 Å². The summed E-state index contributed by atoms with van der Waals surface area (Å²) >= 11 is 0. The van der Waals surface area contributed by atoms with Crippen molar-refractivity contribution in [1.29, 1.82) is 5.26 Å². The number of nitrogens with zero attached hydrogens (tertiary/aromatic N) is 2. The molecule has 3 rings (SSSR count). The first-order chi connectivity index (χ1) is 15.0. The number of amides is 1. The number of rotatable bonds is 8. The van der Waals surface area contributed by atoms with Crippen LogP contribution in [0.25, 0.3) is 22.2 Å². The number of nitriles is 1. The Labute approximate surface area is 183 Å². The van der Waals surface area contributed by atoms with E-state index in [1.54, 1.807) is 0 Å². The van der Waals surface area contributed by atoms with Gasteiger partial charge in [0.05, 0.1) is 30.0 Å². The molecule has 0 saturated carbocycles. The highest BCUT2D eigenvalue weighted by Crippen LogP contribution is 2.38. The minimum atomic E-state index is -0.469. The largest absolute Gasteiger partial charge is 0.494 e. The monoisotopic (exact) mass is 419 g/mol. The fourth-order valence-corrected chi connectivity index (χ4v) is 3.59. The van der Waals surface area contributed by atoms with Crippen LogP contribution in [0.15, 0.2) is 42.5 Å².